The van der Waals surface area contributed by atoms with Crippen molar-refractivity contribution in [1.82, 2.24) is 30.4 Å². The molecule has 3 aromatic rings. The molecule has 4 rings (SSSR count). The van der Waals surface area contributed by atoms with Crippen LogP contribution in [-0.4, -0.2) is 55.3 Å². The van der Waals surface area contributed by atoms with Crippen molar-refractivity contribution in [3.8, 4) is 11.4 Å². The molecule has 174 valence electrons. The third kappa shape index (κ3) is 6.09. The molecule has 9 nitrogen and oxygen atoms in total. The summed E-state index contributed by atoms with van der Waals surface area (Å²) in [6.07, 6.45) is 2.45. The van der Waals surface area contributed by atoms with Crippen LogP contribution in [0.3, 0.4) is 0 Å². The molecular weight excluding hydrogens is 476 g/mol. The van der Waals surface area contributed by atoms with Gasteiger partial charge in [0.05, 0.1) is 11.4 Å². The van der Waals surface area contributed by atoms with E-state index in [0.29, 0.717) is 28.7 Å². The molecule has 1 aliphatic rings. The molecule has 2 heterocycles. The third-order valence-corrected chi connectivity index (χ3v) is 6.11. The van der Waals surface area contributed by atoms with E-state index in [1.807, 2.05) is 30.3 Å². The number of nitrogens with one attached hydrogen (secondary N) is 1. The highest BCUT2D eigenvalue weighted by atomic mass is 35.5. The molecule has 0 aliphatic carbocycles. The number of carbonyl (C=O) groups is 3. The molecule has 0 saturated carbocycles. The fraction of sp³-hybridized carbons (Fsp3) is 0.217. The molecular formula is C23H21ClN6O3S. The zero-order valence-electron chi connectivity index (χ0n) is 18.1. The first-order valence-electron chi connectivity index (χ1n) is 10.6. The highest BCUT2D eigenvalue weighted by molar-refractivity contribution is 8.18. The van der Waals surface area contributed by atoms with Crippen LogP contribution in [0.4, 0.5) is 4.79 Å². The van der Waals surface area contributed by atoms with Crippen LogP contribution in [0.5, 0.6) is 0 Å². The van der Waals surface area contributed by atoms with Crippen LogP contribution >= 0.6 is 23.4 Å². The van der Waals surface area contributed by atoms with Gasteiger partial charge in [-0.2, -0.15) is 4.80 Å². The maximum absolute atomic E-state index is 12.6. The molecule has 0 atom stereocenters. The summed E-state index contributed by atoms with van der Waals surface area (Å²) < 4.78 is 0. The zero-order valence-corrected chi connectivity index (χ0v) is 19.6. The van der Waals surface area contributed by atoms with Gasteiger partial charge in [-0.25, -0.2) is 0 Å². The van der Waals surface area contributed by atoms with E-state index in [0.717, 1.165) is 27.8 Å². The highest BCUT2D eigenvalue weighted by Crippen LogP contribution is 2.32. The summed E-state index contributed by atoms with van der Waals surface area (Å²) in [4.78, 5) is 39.8. The number of amides is 3. The summed E-state index contributed by atoms with van der Waals surface area (Å²) in [5, 5.41) is 15.3. The van der Waals surface area contributed by atoms with Crippen LogP contribution in [0.1, 0.15) is 18.4 Å². The minimum Gasteiger partial charge on any atom is -0.354 e. The second kappa shape index (κ2) is 11.1. The van der Waals surface area contributed by atoms with Crippen molar-refractivity contribution in [2.75, 3.05) is 13.1 Å². The van der Waals surface area contributed by atoms with Gasteiger partial charge in [0.2, 0.25) is 11.7 Å². The maximum Gasteiger partial charge on any atom is 0.293 e. The van der Waals surface area contributed by atoms with Gasteiger partial charge in [-0.15, -0.1) is 10.2 Å². The molecule has 0 radical (unpaired) electrons. The molecule has 11 heteroatoms. The van der Waals surface area contributed by atoms with E-state index in [2.05, 4.69) is 20.7 Å². The summed E-state index contributed by atoms with van der Waals surface area (Å²) in [5.74, 6) is -0.00916. The number of benzene rings is 2. The number of imide groups is 1. The van der Waals surface area contributed by atoms with Gasteiger partial charge in [0, 0.05) is 30.1 Å². The van der Waals surface area contributed by atoms with Crippen LogP contribution in [0.2, 0.25) is 5.02 Å². The van der Waals surface area contributed by atoms with Gasteiger partial charge in [-0.05, 0) is 47.2 Å². The Balaban J connectivity index is 1.19. The first-order chi connectivity index (χ1) is 16.5. The van der Waals surface area contributed by atoms with Crippen LogP contribution in [0.15, 0.2) is 59.5 Å². The summed E-state index contributed by atoms with van der Waals surface area (Å²) in [6, 6.07) is 16.5. The average molecular weight is 497 g/mol. The lowest BCUT2D eigenvalue weighted by molar-refractivity contribution is -0.124. The van der Waals surface area contributed by atoms with Crippen LogP contribution in [0.25, 0.3) is 17.5 Å². The van der Waals surface area contributed by atoms with Gasteiger partial charge < -0.3 is 5.32 Å². The molecule has 34 heavy (non-hydrogen) atoms. The van der Waals surface area contributed by atoms with Gasteiger partial charge in [-0.1, -0.05) is 54.1 Å². The van der Waals surface area contributed by atoms with E-state index in [-0.39, 0.29) is 36.6 Å². The van der Waals surface area contributed by atoms with Gasteiger partial charge >= 0.3 is 0 Å². The lowest BCUT2D eigenvalue weighted by Crippen LogP contribution is -2.37. The van der Waals surface area contributed by atoms with E-state index in [1.165, 1.54) is 4.80 Å². The summed E-state index contributed by atoms with van der Waals surface area (Å²) in [5.41, 5.74) is 1.66. The summed E-state index contributed by atoms with van der Waals surface area (Å²) >= 11 is 6.75. The Morgan fingerprint density at radius 3 is 2.59 bits per heavy atom. The summed E-state index contributed by atoms with van der Waals surface area (Å²) in [6.45, 7) is 0.746. The van der Waals surface area contributed by atoms with Gasteiger partial charge in [-0.3, -0.25) is 19.3 Å². The topological polar surface area (TPSA) is 110 Å². The molecule has 0 spiro atoms. The minimum absolute atomic E-state index is 0.111. The molecule has 0 unspecified atom stereocenters. The number of tetrazole rings is 1. The van der Waals surface area contributed by atoms with Crippen LogP contribution < -0.4 is 5.32 Å². The molecule has 1 fully saturated rings. The quantitative estimate of drug-likeness (QED) is 0.450. The first kappa shape index (κ1) is 23.7. The minimum atomic E-state index is -0.370. The number of hydrogen-bond donors (Lipinski definition) is 1. The van der Waals surface area contributed by atoms with Crippen LogP contribution in [0, 0.1) is 0 Å². The van der Waals surface area contributed by atoms with E-state index < -0.39 is 0 Å². The molecule has 1 saturated heterocycles. The SMILES string of the molecule is O=C(CCCn1nnc(-c2ccccc2)n1)NCCN1C(=O)S/C(=C\c2ccc(Cl)cc2)C1=O. The van der Waals surface area contributed by atoms with Crippen molar-refractivity contribution in [3.05, 3.63) is 70.1 Å². The zero-order chi connectivity index (χ0) is 23.9. The van der Waals surface area contributed by atoms with Crippen molar-refractivity contribution in [3.63, 3.8) is 0 Å². The van der Waals surface area contributed by atoms with Gasteiger partial charge in [0.25, 0.3) is 11.1 Å². The Morgan fingerprint density at radius 1 is 1.06 bits per heavy atom. The van der Waals surface area contributed by atoms with E-state index >= 15 is 0 Å². The standard InChI is InChI=1S/C23H21ClN6O3S/c24-18-10-8-16(9-11-18)15-19-22(32)29(23(33)34-19)14-12-25-20(31)7-4-13-30-27-21(26-28-30)17-5-2-1-3-6-17/h1-3,5-6,8-11,15H,4,7,12-14H2,(H,25,31)/b19-15-. The smallest absolute Gasteiger partial charge is 0.293 e. The maximum atomic E-state index is 12.6. The second-order valence-electron chi connectivity index (χ2n) is 7.41. The van der Waals surface area contributed by atoms with Crippen molar-refractivity contribution in [1.29, 1.82) is 0 Å². The number of aryl methyl sites for hydroxylation is 1. The van der Waals surface area contributed by atoms with Crippen molar-refractivity contribution >= 4 is 46.5 Å². The predicted octanol–water partition coefficient (Wildman–Crippen LogP) is 3.63. The Bertz CT molecular complexity index is 1210. The number of halogens is 1. The van der Waals surface area contributed by atoms with Gasteiger partial charge in [0.1, 0.15) is 0 Å². The monoisotopic (exact) mass is 496 g/mol. The molecule has 0 bridgehead atoms. The Hall–Kier alpha value is -3.50. The number of carbonyl (C=O) groups excluding carboxylic acids is 3. The number of thioether (sulfide) groups is 1. The van der Waals surface area contributed by atoms with Crippen LogP contribution in [-0.2, 0) is 16.1 Å². The second-order valence-corrected chi connectivity index (χ2v) is 8.84. The largest absolute Gasteiger partial charge is 0.354 e. The van der Waals surface area contributed by atoms with E-state index in [4.69, 9.17) is 11.6 Å². The molecule has 1 N–H and O–H groups in total. The fourth-order valence-corrected chi connectivity index (χ4v) is 4.21. The molecule has 3 amide bonds. The van der Waals surface area contributed by atoms with Crippen molar-refractivity contribution in [2.45, 2.75) is 19.4 Å². The van der Waals surface area contributed by atoms with E-state index in [1.54, 1.807) is 30.3 Å². The Labute approximate surface area is 205 Å². The fourth-order valence-electron chi connectivity index (χ4n) is 3.22. The summed E-state index contributed by atoms with van der Waals surface area (Å²) in [7, 11) is 0. The van der Waals surface area contributed by atoms with Crippen molar-refractivity contribution < 1.29 is 14.4 Å². The number of hydrogen-bond acceptors (Lipinski definition) is 7. The van der Waals surface area contributed by atoms with Crippen molar-refractivity contribution in [2.24, 2.45) is 0 Å². The lowest BCUT2D eigenvalue weighted by Gasteiger charge is -2.13. The number of aromatic nitrogens is 4. The van der Waals surface area contributed by atoms with Gasteiger partial charge in [0.15, 0.2) is 0 Å². The van der Waals surface area contributed by atoms with E-state index in [9.17, 15) is 14.4 Å². The third-order valence-electron chi connectivity index (χ3n) is 4.95. The predicted molar refractivity (Wildman–Crippen MR) is 130 cm³/mol. The Morgan fingerprint density at radius 2 is 1.82 bits per heavy atom. The molecule has 2 aromatic carbocycles. The number of rotatable bonds is 9. The normalized spacial score (nSPS) is 14.7. The number of nitrogens with zero attached hydrogens (tertiary/aromatic N) is 5. The molecule has 1 aliphatic heterocycles. The molecule has 1 aromatic heterocycles. The Kier molecular flexibility index (Phi) is 7.71. The average Bonchev–Trinajstić information content (AvgIpc) is 3.41. The highest BCUT2D eigenvalue weighted by Gasteiger charge is 2.34. The lowest BCUT2D eigenvalue weighted by atomic mass is 10.2. The first-order valence-corrected chi connectivity index (χ1v) is 11.8.